The molecule has 0 radical (unpaired) electrons. The number of nitrogens with one attached hydrogen (secondary N) is 2. The minimum atomic E-state index is -3.66. The highest BCUT2D eigenvalue weighted by molar-refractivity contribution is 7.89. The highest BCUT2D eigenvalue weighted by Gasteiger charge is 2.29. The SMILES string of the molecule is Cc1ccc(S(=O)(=O)N[C@H]2CC[C@H](C(=O)N[C@H](C)c3ccc(F)cc3)CC2)cc1N. The van der Waals surface area contributed by atoms with E-state index in [0.29, 0.717) is 31.4 Å². The lowest BCUT2D eigenvalue weighted by Crippen LogP contribution is -2.41. The van der Waals surface area contributed by atoms with E-state index in [9.17, 15) is 17.6 Å². The number of carbonyl (C=O) groups is 1. The van der Waals surface area contributed by atoms with E-state index in [4.69, 9.17) is 5.73 Å². The Hall–Kier alpha value is -2.45. The molecule has 0 spiro atoms. The molecule has 1 atom stereocenters. The van der Waals surface area contributed by atoms with Gasteiger partial charge in [-0.3, -0.25) is 4.79 Å². The quantitative estimate of drug-likeness (QED) is 0.608. The molecular weight excluding hydrogens is 405 g/mol. The molecule has 162 valence electrons. The topological polar surface area (TPSA) is 101 Å². The van der Waals surface area contributed by atoms with E-state index >= 15 is 0 Å². The number of aryl methyl sites for hydroxylation is 1. The summed E-state index contributed by atoms with van der Waals surface area (Å²) in [6, 6.07) is 10.3. The summed E-state index contributed by atoms with van der Waals surface area (Å²) in [6.45, 7) is 3.68. The van der Waals surface area contributed by atoms with Gasteiger partial charge in [0, 0.05) is 17.6 Å². The summed E-state index contributed by atoms with van der Waals surface area (Å²) in [4.78, 5) is 12.7. The molecule has 4 N–H and O–H groups in total. The molecule has 1 aliphatic carbocycles. The highest BCUT2D eigenvalue weighted by atomic mass is 32.2. The number of carbonyl (C=O) groups excluding carboxylic acids is 1. The number of anilines is 1. The number of benzene rings is 2. The van der Waals surface area contributed by atoms with Crippen LogP contribution in [0.3, 0.4) is 0 Å². The van der Waals surface area contributed by atoms with Gasteiger partial charge in [-0.1, -0.05) is 18.2 Å². The molecule has 3 rings (SSSR count). The number of rotatable bonds is 6. The van der Waals surface area contributed by atoms with Gasteiger partial charge in [0.25, 0.3) is 0 Å². The fourth-order valence-corrected chi connectivity index (χ4v) is 5.05. The molecule has 1 aliphatic rings. The Labute approximate surface area is 177 Å². The van der Waals surface area contributed by atoms with E-state index < -0.39 is 10.0 Å². The fraction of sp³-hybridized carbons (Fsp3) is 0.409. The van der Waals surface area contributed by atoms with Crippen LogP contribution in [0.1, 0.15) is 49.8 Å². The Kier molecular flexibility index (Phi) is 6.77. The van der Waals surface area contributed by atoms with Crippen molar-refractivity contribution in [1.29, 1.82) is 0 Å². The Morgan fingerprint density at radius 2 is 1.73 bits per heavy atom. The average molecular weight is 434 g/mol. The summed E-state index contributed by atoms with van der Waals surface area (Å²) >= 11 is 0. The maximum Gasteiger partial charge on any atom is 0.240 e. The van der Waals surface area contributed by atoms with Gasteiger partial charge < -0.3 is 11.1 Å². The van der Waals surface area contributed by atoms with E-state index in [1.165, 1.54) is 18.2 Å². The average Bonchev–Trinajstić information content (AvgIpc) is 2.70. The first-order valence-electron chi connectivity index (χ1n) is 10.1. The molecule has 1 fully saturated rings. The Morgan fingerprint density at radius 1 is 1.10 bits per heavy atom. The second-order valence-electron chi connectivity index (χ2n) is 7.97. The first-order valence-corrected chi connectivity index (χ1v) is 11.6. The minimum Gasteiger partial charge on any atom is -0.398 e. The predicted octanol–water partition coefficient (Wildman–Crippen LogP) is 3.43. The number of hydrogen-bond donors (Lipinski definition) is 3. The summed E-state index contributed by atoms with van der Waals surface area (Å²) in [5.41, 5.74) is 7.94. The number of sulfonamides is 1. The first-order chi connectivity index (χ1) is 14.2. The molecular formula is C22H28FN3O3S. The summed E-state index contributed by atoms with van der Waals surface area (Å²) in [7, 11) is -3.66. The maximum atomic E-state index is 13.1. The zero-order valence-corrected chi connectivity index (χ0v) is 18.0. The lowest BCUT2D eigenvalue weighted by atomic mass is 9.85. The second-order valence-corrected chi connectivity index (χ2v) is 9.68. The van der Waals surface area contributed by atoms with Crippen LogP contribution < -0.4 is 15.8 Å². The molecule has 0 bridgehead atoms. The summed E-state index contributed by atoms with van der Waals surface area (Å²) in [5, 5.41) is 2.97. The van der Waals surface area contributed by atoms with Crippen molar-refractivity contribution >= 4 is 21.6 Å². The maximum absolute atomic E-state index is 13.1. The zero-order chi connectivity index (χ0) is 21.9. The van der Waals surface area contributed by atoms with Crippen molar-refractivity contribution in [2.24, 2.45) is 5.92 Å². The van der Waals surface area contributed by atoms with Crippen LogP contribution in [0.2, 0.25) is 0 Å². The van der Waals surface area contributed by atoms with Crippen molar-refractivity contribution in [3.8, 4) is 0 Å². The van der Waals surface area contributed by atoms with E-state index in [2.05, 4.69) is 10.0 Å². The molecule has 8 heteroatoms. The Bertz CT molecular complexity index is 1000. The summed E-state index contributed by atoms with van der Waals surface area (Å²) < 4.78 is 41.1. The number of nitrogen functional groups attached to an aromatic ring is 1. The molecule has 6 nitrogen and oxygen atoms in total. The van der Waals surface area contributed by atoms with E-state index in [1.807, 2.05) is 13.8 Å². The Morgan fingerprint density at radius 3 is 2.33 bits per heavy atom. The lowest BCUT2D eigenvalue weighted by molar-refractivity contribution is -0.126. The fourth-order valence-electron chi connectivity index (χ4n) is 3.71. The molecule has 0 aliphatic heterocycles. The summed E-state index contributed by atoms with van der Waals surface area (Å²) in [5.74, 6) is -0.533. The smallest absolute Gasteiger partial charge is 0.240 e. The van der Waals surface area contributed by atoms with Gasteiger partial charge >= 0.3 is 0 Å². The van der Waals surface area contributed by atoms with E-state index in [0.717, 1.165) is 11.1 Å². The highest BCUT2D eigenvalue weighted by Crippen LogP contribution is 2.27. The van der Waals surface area contributed by atoms with Crippen LogP contribution in [0.4, 0.5) is 10.1 Å². The van der Waals surface area contributed by atoms with Crippen LogP contribution in [-0.4, -0.2) is 20.4 Å². The zero-order valence-electron chi connectivity index (χ0n) is 17.2. The third-order valence-electron chi connectivity index (χ3n) is 5.71. The normalized spacial score (nSPS) is 20.5. The molecule has 0 aromatic heterocycles. The molecule has 0 unspecified atom stereocenters. The minimum absolute atomic E-state index is 0.0561. The molecule has 1 saturated carbocycles. The molecule has 2 aromatic carbocycles. The third-order valence-corrected chi connectivity index (χ3v) is 7.23. The van der Waals surface area contributed by atoms with Crippen molar-refractivity contribution in [2.75, 3.05) is 5.73 Å². The van der Waals surface area contributed by atoms with Crippen LogP contribution in [0.5, 0.6) is 0 Å². The van der Waals surface area contributed by atoms with Crippen LogP contribution in [0.15, 0.2) is 47.4 Å². The largest absolute Gasteiger partial charge is 0.398 e. The monoisotopic (exact) mass is 433 g/mol. The van der Waals surface area contributed by atoms with Gasteiger partial charge in [0.2, 0.25) is 15.9 Å². The van der Waals surface area contributed by atoms with Crippen molar-refractivity contribution in [2.45, 2.75) is 56.5 Å². The molecule has 30 heavy (non-hydrogen) atoms. The van der Waals surface area contributed by atoms with Crippen molar-refractivity contribution in [3.63, 3.8) is 0 Å². The van der Waals surface area contributed by atoms with Gasteiger partial charge in [-0.15, -0.1) is 0 Å². The lowest BCUT2D eigenvalue weighted by Gasteiger charge is -2.29. The molecule has 0 saturated heterocycles. The van der Waals surface area contributed by atoms with Gasteiger partial charge in [0.15, 0.2) is 0 Å². The van der Waals surface area contributed by atoms with Crippen LogP contribution in [0.25, 0.3) is 0 Å². The van der Waals surface area contributed by atoms with Gasteiger partial charge in [-0.25, -0.2) is 17.5 Å². The van der Waals surface area contributed by atoms with Crippen LogP contribution in [-0.2, 0) is 14.8 Å². The first kappa shape index (κ1) is 22.2. The van der Waals surface area contributed by atoms with Gasteiger partial charge in [0.05, 0.1) is 10.9 Å². The molecule has 2 aromatic rings. The van der Waals surface area contributed by atoms with Crippen molar-refractivity contribution < 1.29 is 17.6 Å². The number of halogens is 1. The van der Waals surface area contributed by atoms with E-state index in [1.54, 1.807) is 24.3 Å². The number of amides is 1. The Balaban J connectivity index is 1.53. The van der Waals surface area contributed by atoms with Crippen LogP contribution >= 0.6 is 0 Å². The van der Waals surface area contributed by atoms with E-state index in [-0.39, 0.29) is 34.6 Å². The third kappa shape index (κ3) is 5.37. The van der Waals surface area contributed by atoms with Crippen molar-refractivity contribution in [1.82, 2.24) is 10.0 Å². The predicted molar refractivity (Wildman–Crippen MR) is 115 cm³/mol. The number of nitrogens with two attached hydrogens (primary N) is 1. The molecule has 1 amide bonds. The summed E-state index contributed by atoms with van der Waals surface area (Å²) in [6.07, 6.45) is 2.38. The van der Waals surface area contributed by atoms with Crippen LogP contribution in [0, 0.1) is 18.7 Å². The van der Waals surface area contributed by atoms with Crippen molar-refractivity contribution in [3.05, 3.63) is 59.4 Å². The standard InChI is InChI=1S/C22H28FN3O3S/c1-14-3-12-20(13-21(14)24)30(28,29)26-19-10-6-17(7-11-19)22(27)25-15(2)16-4-8-18(23)9-5-16/h3-5,8-9,12-13,15,17,19,26H,6-7,10-11,24H2,1-2H3,(H,25,27)/t15-,17-,19-/m1/s1. The number of hydrogen-bond acceptors (Lipinski definition) is 4. The van der Waals surface area contributed by atoms with Gasteiger partial charge in [0.1, 0.15) is 5.82 Å². The van der Waals surface area contributed by atoms with Gasteiger partial charge in [-0.05, 0) is 74.9 Å². The second kappa shape index (κ2) is 9.14. The molecule has 0 heterocycles. The van der Waals surface area contributed by atoms with Gasteiger partial charge in [-0.2, -0.15) is 0 Å².